The van der Waals surface area contributed by atoms with Gasteiger partial charge in [0.2, 0.25) is 10.0 Å². The maximum atomic E-state index is 12.7. The van der Waals surface area contributed by atoms with E-state index in [0.717, 1.165) is 27.8 Å². The molecule has 10 heteroatoms. The molecule has 206 valence electrons. The van der Waals surface area contributed by atoms with E-state index < -0.39 is 35.1 Å². The second-order valence-corrected chi connectivity index (χ2v) is 10.9. The molecule has 4 rings (SSSR count). The van der Waals surface area contributed by atoms with Gasteiger partial charge < -0.3 is 10.1 Å². The number of sulfonamides is 1. The van der Waals surface area contributed by atoms with Crippen LogP contribution in [0.1, 0.15) is 22.3 Å². The summed E-state index contributed by atoms with van der Waals surface area (Å²) >= 11 is 0. The zero-order chi connectivity index (χ0) is 28.7. The highest BCUT2D eigenvalue weighted by molar-refractivity contribution is 7.92. The van der Waals surface area contributed by atoms with Crippen molar-refractivity contribution in [3.63, 3.8) is 0 Å². The molecule has 1 amide bonds. The van der Waals surface area contributed by atoms with Gasteiger partial charge in [0.05, 0.1) is 11.4 Å². The monoisotopic (exact) mass is 558 g/mol. The Bertz CT molecular complexity index is 1650. The number of nitrogens with one attached hydrogen (secondary N) is 2. The summed E-state index contributed by atoms with van der Waals surface area (Å²) in [6.07, 6.45) is 1.41. The van der Waals surface area contributed by atoms with E-state index in [1.165, 1.54) is 11.6 Å². The number of esters is 1. The molecule has 0 aliphatic carbocycles. The fourth-order valence-electron chi connectivity index (χ4n) is 3.92. The molecular weight excluding hydrogens is 528 g/mol. The Kier molecular flexibility index (Phi) is 8.93. The fraction of sp³-hybridized carbons (Fsp3) is 0.167. The first-order chi connectivity index (χ1) is 19.1. The predicted molar refractivity (Wildman–Crippen MR) is 155 cm³/mol. The molecule has 0 bridgehead atoms. The molecule has 0 saturated heterocycles. The van der Waals surface area contributed by atoms with Crippen LogP contribution in [0.15, 0.2) is 84.3 Å². The summed E-state index contributed by atoms with van der Waals surface area (Å²) in [5.41, 5.74) is 6.39. The summed E-state index contributed by atoms with van der Waals surface area (Å²) in [6, 6.07) is 24.1. The van der Waals surface area contributed by atoms with Gasteiger partial charge in [-0.2, -0.15) is 5.10 Å². The highest BCUT2D eigenvalue weighted by atomic mass is 32.2. The zero-order valence-corrected chi connectivity index (χ0v) is 23.2. The average molecular weight is 559 g/mol. The lowest BCUT2D eigenvalue weighted by Crippen LogP contribution is -2.31. The quantitative estimate of drug-likeness (QED) is 0.276. The third kappa shape index (κ3) is 7.52. The number of ether oxygens (including phenoxy) is 1. The Morgan fingerprint density at radius 3 is 2.25 bits per heavy atom. The molecule has 4 aromatic rings. The molecule has 0 radical (unpaired) electrons. The van der Waals surface area contributed by atoms with Crippen molar-refractivity contribution < 1.29 is 22.7 Å². The summed E-state index contributed by atoms with van der Waals surface area (Å²) in [6.45, 7) is 4.87. The van der Waals surface area contributed by atoms with Crippen LogP contribution in [0.3, 0.4) is 0 Å². The van der Waals surface area contributed by atoms with Crippen molar-refractivity contribution in [1.82, 2.24) is 14.5 Å². The molecule has 3 aromatic carbocycles. The molecule has 0 saturated carbocycles. The minimum Gasteiger partial charge on any atom is -0.455 e. The first-order valence-electron chi connectivity index (χ1n) is 12.5. The largest absolute Gasteiger partial charge is 0.455 e. The number of amides is 1. The van der Waals surface area contributed by atoms with Gasteiger partial charge in [0.1, 0.15) is 12.4 Å². The van der Waals surface area contributed by atoms with E-state index in [1.807, 2.05) is 57.2 Å². The Balaban J connectivity index is 1.41. The van der Waals surface area contributed by atoms with Crippen LogP contribution in [0.4, 0.5) is 5.82 Å². The summed E-state index contributed by atoms with van der Waals surface area (Å²) in [4.78, 5) is 24.8. The Hall–Kier alpha value is -4.54. The van der Waals surface area contributed by atoms with E-state index in [2.05, 4.69) is 22.2 Å². The van der Waals surface area contributed by atoms with Crippen molar-refractivity contribution in [1.29, 1.82) is 0 Å². The van der Waals surface area contributed by atoms with Crippen molar-refractivity contribution in [2.24, 2.45) is 0 Å². The van der Waals surface area contributed by atoms with Crippen molar-refractivity contribution >= 4 is 33.8 Å². The predicted octanol–water partition coefficient (Wildman–Crippen LogP) is 4.54. The number of rotatable bonds is 10. The lowest BCUT2D eigenvalue weighted by Gasteiger charge is -2.09. The number of hydrogen-bond donors (Lipinski definition) is 2. The summed E-state index contributed by atoms with van der Waals surface area (Å²) in [5, 5.41) is 8.44. The van der Waals surface area contributed by atoms with E-state index in [4.69, 9.17) is 9.84 Å². The van der Waals surface area contributed by atoms with Gasteiger partial charge in [-0.1, -0.05) is 54.6 Å². The topological polar surface area (TPSA) is 119 Å². The minimum absolute atomic E-state index is 0.395. The number of benzene rings is 3. The average Bonchev–Trinajstić information content (AvgIpc) is 3.36. The van der Waals surface area contributed by atoms with Crippen LogP contribution < -0.4 is 10.0 Å². The lowest BCUT2D eigenvalue weighted by molar-refractivity contribution is -0.146. The van der Waals surface area contributed by atoms with E-state index in [9.17, 15) is 18.0 Å². The van der Waals surface area contributed by atoms with E-state index in [1.54, 1.807) is 35.0 Å². The molecule has 0 fully saturated rings. The molecule has 0 aliphatic heterocycles. The molecule has 1 heterocycles. The Morgan fingerprint density at radius 1 is 0.900 bits per heavy atom. The number of hydrogen-bond acceptors (Lipinski definition) is 6. The Morgan fingerprint density at radius 2 is 1.55 bits per heavy atom. The number of aromatic nitrogens is 2. The summed E-state index contributed by atoms with van der Waals surface area (Å²) < 4.78 is 33.0. The minimum atomic E-state index is -3.87. The molecule has 0 aliphatic rings. The van der Waals surface area contributed by atoms with Crippen molar-refractivity contribution in [2.45, 2.75) is 20.8 Å². The molecular formula is C30H30N4O5S. The molecule has 2 N–H and O–H groups in total. The Labute approximate surface area is 233 Å². The van der Waals surface area contributed by atoms with Crippen molar-refractivity contribution in [3.05, 3.63) is 107 Å². The van der Waals surface area contributed by atoms with Gasteiger partial charge in [-0.3, -0.25) is 9.59 Å². The summed E-state index contributed by atoms with van der Waals surface area (Å²) in [7, 11) is -3.87. The first kappa shape index (κ1) is 28.5. The number of para-hydroxylation sites is 1. The standard InChI is InChI=1S/C30H30N4O5S/c1-21-16-23(3)26(17-22(21)2)27-18-28(34(33-27)25-12-8-5-9-13-25)32-29(35)20-39-30(36)19-31-40(37,38)15-14-24-10-6-4-7-11-24/h4-18,31H,19-20H2,1-3H3,(H,32,35)/b15-14+. The number of nitrogens with zero attached hydrogens (tertiary/aromatic N) is 2. The van der Waals surface area contributed by atoms with Crippen molar-refractivity contribution in [2.75, 3.05) is 18.5 Å². The SMILES string of the molecule is Cc1cc(C)c(-c2cc(NC(=O)COC(=O)CNS(=O)(=O)/C=C/c3ccccc3)n(-c3ccccc3)n2)cc1C. The van der Waals surface area contributed by atoms with Crippen molar-refractivity contribution in [3.8, 4) is 16.9 Å². The first-order valence-corrected chi connectivity index (χ1v) is 14.1. The third-order valence-electron chi connectivity index (χ3n) is 6.12. The van der Waals surface area contributed by atoms with Crippen LogP contribution in [-0.4, -0.2) is 43.2 Å². The molecule has 0 unspecified atom stereocenters. The number of anilines is 1. The number of aryl methyl sites for hydroxylation is 3. The highest BCUT2D eigenvalue weighted by Crippen LogP contribution is 2.29. The highest BCUT2D eigenvalue weighted by Gasteiger charge is 2.17. The smallest absolute Gasteiger partial charge is 0.321 e. The van der Waals surface area contributed by atoms with Gasteiger partial charge in [-0.15, -0.1) is 0 Å². The molecule has 9 nitrogen and oxygen atoms in total. The fourth-order valence-corrected chi connectivity index (χ4v) is 4.67. The van der Waals surface area contributed by atoms with Gasteiger partial charge in [-0.25, -0.2) is 17.8 Å². The molecule has 0 spiro atoms. The third-order valence-corrected chi connectivity index (χ3v) is 7.16. The molecule has 0 atom stereocenters. The normalized spacial score (nSPS) is 11.5. The van der Waals surface area contributed by atoms with Gasteiger partial charge in [0, 0.05) is 17.0 Å². The van der Waals surface area contributed by atoms with E-state index in [-0.39, 0.29) is 0 Å². The number of carbonyl (C=O) groups is 2. The maximum Gasteiger partial charge on any atom is 0.321 e. The second-order valence-electron chi connectivity index (χ2n) is 9.20. The van der Waals surface area contributed by atoms with Crippen LogP contribution in [0.25, 0.3) is 23.0 Å². The van der Waals surface area contributed by atoms with Crippen LogP contribution in [0.2, 0.25) is 0 Å². The van der Waals surface area contributed by atoms with Gasteiger partial charge in [-0.05, 0) is 67.3 Å². The van der Waals surface area contributed by atoms with Gasteiger partial charge in [0.25, 0.3) is 5.91 Å². The zero-order valence-electron chi connectivity index (χ0n) is 22.4. The van der Waals surface area contributed by atoms with E-state index >= 15 is 0 Å². The second kappa shape index (κ2) is 12.5. The molecule has 40 heavy (non-hydrogen) atoms. The van der Waals surface area contributed by atoms with Crippen LogP contribution in [0, 0.1) is 20.8 Å². The van der Waals surface area contributed by atoms with Crippen LogP contribution in [0.5, 0.6) is 0 Å². The van der Waals surface area contributed by atoms with Crippen LogP contribution >= 0.6 is 0 Å². The van der Waals surface area contributed by atoms with Gasteiger partial charge in [0.15, 0.2) is 6.61 Å². The lowest BCUT2D eigenvalue weighted by atomic mass is 9.99. The number of carbonyl (C=O) groups excluding carboxylic acids is 2. The van der Waals surface area contributed by atoms with Crippen LogP contribution in [-0.2, 0) is 24.3 Å². The van der Waals surface area contributed by atoms with E-state index in [0.29, 0.717) is 17.1 Å². The molecule has 1 aromatic heterocycles. The maximum absolute atomic E-state index is 12.7. The summed E-state index contributed by atoms with van der Waals surface area (Å²) in [5.74, 6) is -1.10. The van der Waals surface area contributed by atoms with Gasteiger partial charge >= 0.3 is 5.97 Å².